The number of hydrogen-bond donors (Lipinski definition) is 0. The Morgan fingerprint density at radius 1 is 0.423 bits per heavy atom. The largest absolute Gasteiger partial charge is 0.307 e. The van der Waals surface area contributed by atoms with Crippen molar-refractivity contribution in [3.63, 3.8) is 0 Å². The molecule has 10 rings (SSSR count). The lowest BCUT2D eigenvalue weighted by Gasteiger charge is -2.15. The van der Waals surface area contributed by atoms with Crippen molar-refractivity contribution >= 4 is 61.4 Å². The van der Waals surface area contributed by atoms with E-state index in [0.29, 0.717) is 0 Å². The Bertz CT molecular complexity index is 2930. The van der Waals surface area contributed by atoms with E-state index in [9.17, 15) is 0 Å². The third kappa shape index (κ3) is 4.85. The predicted octanol–water partition coefficient (Wildman–Crippen LogP) is 10.2. The van der Waals surface area contributed by atoms with Gasteiger partial charge < -0.3 is 4.57 Å². The zero-order valence-electron chi connectivity index (χ0n) is 28.7. The molecule has 0 bridgehead atoms. The van der Waals surface area contributed by atoms with E-state index >= 15 is 0 Å². The van der Waals surface area contributed by atoms with E-state index in [2.05, 4.69) is 192 Å². The average molecular weight is 665 g/mol. The number of nitrogens with zero attached hydrogens (tertiary/aromatic N) is 4. The maximum absolute atomic E-state index is 5.39. The molecule has 4 nitrogen and oxygen atoms in total. The van der Waals surface area contributed by atoms with E-state index in [1.165, 1.54) is 27.0 Å². The van der Waals surface area contributed by atoms with Crippen molar-refractivity contribution < 1.29 is 0 Å². The number of pyridine rings is 2. The van der Waals surface area contributed by atoms with Gasteiger partial charge in [-0.2, -0.15) is 0 Å². The van der Waals surface area contributed by atoms with Crippen LogP contribution in [0.3, 0.4) is 0 Å². The average Bonchev–Trinajstić information content (AvgIpc) is 3.75. The normalized spacial score (nSPS) is 11.6. The molecule has 0 atom stereocenters. The lowest BCUT2D eigenvalue weighted by Crippen LogP contribution is -2.41. The molecule has 0 spiro atoms. The fourth-order valence-corrected chi connectivity index (χ4v) is 7.89. The van der Waals surface area contributed by atoms with Crippen LogP contribution in [0.2, 0.25) is 6.82 Å². The maximum atomic E-state index is 5.39. The summed E-state index contributed by atoms with van der Waals surface area (Å²) < 4.78 is 4.81. The third-order valence-electron chi connectivity index (χ3n) is 10.4. The highest BCUT2D eigenvalue weighted by atomic mass is 15.1. The molecule has 6 aromatic carbocycles. The second-order valence-electron chi connectivity index (χ2n) is 13.4. The van der Waals surface area contributed by atoms with Gasteiger partial charge in [-0.3, -0.25) is 4.57 Å². The predicted molar refractivity (Wildman–Crippen MR) is 219 cm³/mol. The maximum Gasteiger partial charge on any atom is 0.230 e. The number of benzene rings is 6. The molecule has 52 heavy (non-hydrogen) atoms. The highest BCUT2D eigenvalue weighted by Crippen LogP contribution is 2.41. The van der Waals surface area contributed by atoms with Crippen LogP contribution in [0.5, 0.6) is 0 Å². The topological polar surface area (TPSA) is 35.6 Å². The second kappa shape index (κ2) is 12.3. The molecule has 0 aliphatic heterocycles. The van der Waals surface area contributed by atoms with Crippen LogP contribution in [0.25, 0.3) is 77.6 Å². The summed E-state index contributed by atoms with van der Waals surface area (Å²) in [7, 11) is 0. The monoisotopic (exact) mass is 664 g/mol. The van der Waals surface area contributed by atoms with Gasteiger partial charge in [-0.1, -0.05) is 146 Å². The van der Waals surface area contributed by atoms with Crippen LogP contribution >= 0.6 is 0 Å². The van der Waals surface area contributed by atoms with Gasteiger partial charge in [0.2, 0.25) is 6.71 Å². The molecular weight excluding hydrogens is 631 g/mol. The third-order valence-corrected chi connectivity index (χ3v) is 10.4. The SMILES string of the molecule is CB(c1ccccc1)c1cccc(-n2c3ccccc3c3ccc4c5ccccc5n(-c5cccc(-c6cccc(-c7ccccc7)n6)c5)c4c32)n1. The molecule has 0 aliphatic rings. The quantitative estimate of drug-likeness (QED) is 0.166. The Morgan fingerprint density at radius 3 is 1.71 bits per heavy atom. The van der Waals surface area contributed by atoms with Crippen molar-refractivity contribution in [2.45, 2.75) is 6.82 Å². The zero-order chi connectivity index (χ0) is 34.6. The molecule has 244 valence electrons. The van der Waals surface area contributed by atoms with Gasteiger partial charge in [0.15, 0.2) is 0 Å². The van der Waals surface area contributed by atoms with Crippen LogP contribution in [0, 0.1) is 0 Å². The first-order valence-electron chi connectivity index (χ1n) is 17.8. The summed E-state index contributed by atoms with van der Waals surface area (Å²) in [6, 6.07) is 64.5. The van der Waals surface area contributed by atoms with Crippen molar-refractivity contribution in [1.82, 2.24) is 19.1 Å². The number of rotatable bonds is 6. The van der Waals surface area contributed by atoms with E-state index in [-0.39, 0.29) is 6.71 Å². The summed E-state index contributed by atoms with van der Waals surface area (Å²) in [4.78, 5) is 10.5. The van der Waals surface area contributed by atoms with Gasteiger partial charge >= 0.3 is 0 Å². The summed E-state index contributed by atoms with van der Waals surface area (Å²) in [5.74, 6) is 0.909. The molecule has 0 saturated heterocycles. The number of para-hydroxylation sites is 2. The lowest BCUT2D eigenvalue weighted by atomic mass is 9.44. The van der Waals surface area contributed by atoms with Gasteiger partial charge in [-0.25, -0.2) is 9.97 Å². The van der Waals surface area contributed by atoms with Crippen LogP contribution in [-0.4, -0.2) is 25.8 Å². The first kappa shape index (κ1) is 30.1. The van der Waals surface area contributed by atoms with Crippen molar-refractivity contribution in [3.8, 4) is 34.0 Å². The fraction of sp³-hybridized carbons (Fsp3) is 0.0213. The van der Waals surface area contributed by atoms with Crippen molar-refractivity contribution in [2.75, 3.05) is 0 Å². The van der Waals surface area contributed by atoms with Crippen LogP contribution in [0.15, 0.2) is 182 Å². The smallest absolute Gasteiger partial charge is 0.230 e. The van der Waals surface area contributed by atoms with Crippen molar-refractivity contribution in [2.24, 2.45) is 0 Å². The molecule has 0 amide bonds. The zero-order valence-corrected chi connectivity index (χ0v) is 28.7. The molecule has 0 unspecified atom stereocenters. The van der Waals surface area contributed by atoms with Crippen molar-refractivity contribution in [3.05, 3.63) is 182 Å². The molecule has 0 aliphatic carbocycles. The Balaban J connectivity index is 1.24. The standard InChI is InChI=1S/C47H33BN4/c1-48(34-18-6-3-7-19-34)44-27-14-28-45(50-44)52-43-26-11-9-22-37(43)39-30-29-38-36-21-8-10-25-42(36)51(46(38)47(39)52)35-20-12-17-33(31-35)41-24-13-23-40(49-41)32-15-4-2-5-16-32/h2-31H,1H3. The number of hydrogen-bond acceptors (Lipinski definition) is 2. The van der Waals surface area contributed by atoms with Crippen molar-refractivity contribution in [1.29, 1.82) is 0 Å². The molecular formula is C47H33BN4. The molecule has 0 saturated carbocycles. The Labute approximate surface area is 302 Å². The second-order valence-corrected chi connectivity index (χ2v) is 13.4. The summed E-state index contributed by atoms with van der Waals surface area (Å²) in [5, 5.41) is 4.82. The summed E-state index contributed by atoms with van der Waals surface area (Å²) in [6.07, 6.45) is 0. The summed E-state index contributed by atoms with van der Waals surface area (Å²) >= 11 is 0. The minimum absolute atomic E-state index is 0.150. The van der Waals surface area contributed by atoms with E-state index in [4.69, 9.17) is 9.97 Å². The Kier molecular flexibility index (Phi) is 7.10. The fourth-order valence-electron chi connectivity index (χ4n) is 7.89. The molecule has 4 heterocycles. The molecule has 0 fully saturated rings. The van der Waals surface area contributed by atoms with Crippen LogP contribution < -0.4 is 11.1 Å². The molecule has 5 heteroatoms. The highest BCUT2D eigenvalue weighted by Gasteiger charge is 2.23. The van der Waals surface area contributed by atoms with Gasteiger partial charge in [0, 0.05) is 44.0 Å². The number of fused-ring (bicyclic) bond motifs is 7. The van der Waals surface area contributed by atoms with Gasteiger partial charge in [0.05, 0.1) is 33.5 Å². The van der Waals surface area contributed by atoms with Crippen LogP contribution in [-0.2, 0) is 0 Å². The molecule has 10 aromatic rings. The lowest BCUT2D eigenvalue weighted by molar-refractivity contribution is 1.09. The van der Waals surface area contributed by atoms with Crippen LogP contribution in [0.4, 0.5) is 0 Å². The van der Waals surface area contributed by atoms with Gasteiger partial charge in [-0.05, 0) is 48.5 Å². The summed E-state index contributed by atoms with van der Waals surface area (Å²) in [5.41, 5.74) is 12.0. The summed E-state index contributed by atoms with van der Waals surface area (Å²) in [6.45, 7) is 2.39. The van der Waals surface area contributed by atoms with Gasteiger partial charge in [-0.15, -0.1) is 0 Å². The minimum atomic E-state index is 0.150. The van der Waals surface area contributed by atoms with Gasteiger partial charge in [0.25, 0.3) is 0 Å². The van der Waals surface area contributed by atoms with E-state index < -0.39 is 0 Å². The molecule has 0 radical (unpaired) electrons. The number of aromatic nitrogens is 4. The van der Waals surface area contributed by atoms with E-state index in [1.807, 2.05) is 6.07 Å². The highest BCUT2D eigenvalue weighted by molar-refractivity contribution is 6.83. The first-order chi connectivity index (χ1) is 25.7. The van der Waals surface area contributed by atoms with E-state index in [0.717, 1.165) is 61.7 Å². The minimum Gasteiger partial charge on any atom is -0.307 e. The van der Waals surface area contributed by atoms with Crippen LogP contribution in [0.1, 0.15) is 0 Å². The van der Waals surface area contributed by atoms with E-state index in [1.54, 1.807) is 0 Å². The molecule has 4 aromatic heterocycles. The Hall–Kier alpha value is -6.72. The van der Waals surface area contributed by atoms with Gasteiger partial charge in [0.1, 0.15) is 5.82 Å². The Morgan fingerprint density at radius 2 is 0.981 bits per heavy atom. The molecule has 0 N–H and O–H groups in total. The first-order valence-corrected chi connectivity index (χ1v) is 17.8.